The average molecular weight is 253 g/mol. The molecule has 0 bridgehead atoms. The third kappa shape index (κ3) is 1.27. The van der Waals surface area contributed by atoms with Crippen molar-refractivity contribution in [3.05, 3.63) is 10.7 Å². The van der Waals surface area contributed by atoms with Crippen molar-refractivity contribution in [2.24, 2.45) is 0 Å². The van der Waals surface area contributed by atoms with Crippen molar-refractivity contribution in [1.82, 2.24) is 10.2 Å². The molecule has 1 saturated carbocycles. The van der Waals surface area contributed by atoms with E-state index in [0.717, 1.165) is 6.92 Å². The zero-order valence-electron chi connectivity index (χ0n) is 6.85. The van der Waals surface area contributed by atoms with Crippen LogP contribution < -0.4 is 0 Å². The molecule has 1 aromatic rings. The Balaban J connectivity index is 2.36. The van der Waals surface area contributed by atoms with Crippen LogP contribution in [0, 0.1) is 0 Å². The number of alkyl halides is 2. The summed E-state index contributed by atoms with van der Waals surface area (Å²) in [6.45, 7) is 0.887. The highest BCUT2D eigenvalue weighted by Crippen LogP contribution is 2.57. The maximum absolute atomic E-state index is 13.1. The number of nitrogens with zero attached hydrogens (tertiary/aromatic N) is 2. The molecule has 1 fully saturated rings. The lowest BCUT2D eigenvalue weighted by atomic mass is 10.00. The van der Waals surface area contributed by atoms with Gasteiger partial charge in [0, 0.05) is 22.9 Å². The fourth-order valence-electron chi connectivity index (χ4n) is 1.36. The lowest BCUT2D eigenvalue weighted by molar-refractivity contribution is -0.0289. The first-order valence-corrected chi connectivity index (χ1v) is 4.62. The largest absolute Gasteiger partial charge is 0.415 e. The van der Waals surface area contributed by atoms with Crippen LogP contribution in [0.3, 0.4) is 0 Å². The number of aromatic nitrogens is 2. The molecule has 0 atom stereocenters. The summed E-state index contributed by atoms with van der Waals surface area (Å²) in [5.74, 6) is -2.76. The van der Waals surface area contributed by atoms with E-state index in [1.165, 1.54) is 0 Å². The van der Waals surface area contributed by atoms with Crippen molar-refractivity contribution in [2.75, 3.05) is 0 Å². The first kappa shape index (κ1) is 9.05. The summed E-state index contributed by atoms with van der Waals surface area (Å²) in [5, 5.41) is 7.08. The molecule has 0 saturated heterocycles. The fraction of sp³-hybridized carbons (Fsp3) is 0.714. The summed E-state index contributed by atoms with van der Waals surface area (Å²) in [6.07, 6.45) is 0.816. The van der Waals surface area contributed by atoms with Crippen LogP contribution in [0.4, 0.5) is 8.78 Å². The van der Waals surface area contributed by atoms with Crippen LogP contribution >= 0.6 is 15.9 Å². The van der Waals surface area contributed by atoms with Gasteiger partial charge in [-0.15, -0.1) is 10.2 Å². The predicted octanol–water partition coefficient (Wildman–Crippen LogP) is 2.52. The Labute approximate surface area is 81.7 Å². The maximum Gasteiger partial charge on any atom is 0.284 e. The van der Waals surface area contributed by atoms with E-state index in [1.807, 2.05) is 0 Å². The van der Waals surface area contributed by atoms with Crippen LogP contribution in [0.1, 0.15) is 25.7 Å². The Hall–Kier alpha value is -0.520. The van der Waals surface area contributed by atoms with Gasteiger partial charge in [-0.05, 0) is 12.8 Å². The first-order valence-electron chi connectivity index (χ1n) is 3.83. The van der Waals surface area contributed by atoms with Gasteiger partial charge in [-0.2, -0.15) is 0 Å². The van der Waals surface area contributed by atoms with Crippen molar-refractivity contribution < 1.29 is 13.2 Å². The van der Waals surface area contributed by atoms with E-state index in [1.54, 1.807) is 0 Å². The normalized spacial score (nSPS) is 20.3. The van der Waals surface area contributed by atoms with E-state index in [0.29, 0.717) is 12.8 Å². The van der Waals surface area contributed by atoms with Gasteiger partial charge in [0.15, 0.2) is 0 Å². The zero-order valence-corrected chi connectivity index (χ0v) is 8.44. The SMILES string of the molecule is CC(F)(F)C1(c2nnc(Br)o2)CC1. The molecule has 1 aliphatic rings. The van der Waals surface area contributed by atoms with Gasteiger partial charge in [0.1, 0.15) is 5.41 Å². The van der Waals surface area contributed by atoms with Gasteiger partial charge in [0.25, 0.3) is 10.7 Å². The van der Waals surface area contributed by atoms with Gasteiger partial charge in [-0.3, -0.25) is 0 Å². The molecule has 1 heterocycles. The molecule has 6 heteroatoms. The zero-order chi connectivity index (χ0) is 9.69. The highest BCUT2D eigenvalue weighted by atomic mass is 79.9. The minimum Gasteiger partial charge on any atom is -0.415 e. The molecule has 72 valence electrons. The molecule has 1 aromatic heterocycles. The molecule has 0 aliphatic heterocycles. The number of rotatable bonds is 2. The molecule has 0 spiro atoms. The molecule has 1 aliphatic carbocycles. The number of hydrogen-bond donors (Lipinski definition) is 0. The van der Waals surface area contributed by atoms with Gasteiger partial charge >= 0.3 is 0 Å². The summed E-state index contributed by atoms with van der Waals surface area (Å²) >= 11 is 2.93. The van der Waals surface area contributed by atoms with Crippen molar-refractivity contribution in [3.63, 3.8) is 0 Å². The minimum absolute atomic E-state index is 0.0341. The third-order valence-electron chi connectivity index (χ3n) is 2.40. The highest BCUT2D eigenvalue weighted by molar-refractivity contribution is 9.10. The van der Waals surface area contributed by atoms with Gasteiger partial charge in [0.05, 0.1) is 0 Å². The molecule has 0 N–H and O–H groups in total. The van der Waals surface area contributed by atoms with Crippen LogP contribution in [-0.2, 0) is 5.41 Å². The molecule has 13 heavy (non-hydrogen) atoms. The fourth-order valence-corrected chi connectivity index (χ4v) is 1.60. The standard InChI is InChI=1S/C7H7BrF2N2O/c1-6(9,10)7(2-3-7)4-11-12-5(8)13-4/h2-3H2,1H3. The van der Waals surface area contributed by atoms with Gasteiger partial charge < -0.3 is 4.42 Å². The second kappa shape index (κ2) is 2.50. The van der Waals surface area contributed by atoms with E-state index in [9.17, 15) is 8.78 Å². The van der Waals surface area contributed by atoms with Crippen molar-refractivity contribution in [1.29, 1.82) is 0 Å². The van der Waals surface area contributed by atoms with Crippen LogP contribution in [0.15, 0.2) is 9.22 Å². The second-order valence-corrected chi connectivity index (χ2v) is 4.01. The molecule has 3 nitrogen and oxygen atoms in total. The number of hydrogen-bond acceptors (Lipinski definition) is 3. The molecule has 0 aromatic carbocycles. The topological polar surface area (TPSA) is 38.9 Å². The van der Waals surface area contributed by atoms with E-state index in [4.69, 9.17) is 4.42 Å². The number of halogens is 3. The monoisotopic (exact) mass is 252 g/mol. The smallest absolute Gasteiger partial charge is 0.284 e. The van der Waals surface area contributed by atoms with Gasteiger partial charge in [0.2, 0.25) is 5.89 Å². The van der Waals surface area contributed by atoms with Gasteiger partial charge in [-0.1, -0.05) is 0 Å². The Kier molecular flexibility index (Phi) is 1.74. The Morgan fingerprint density at radius 3 is 2.38 bits per heavy atom. The minimum atomic E-state index is -2.79. The lowest BCUT2D eigenvalue weighted by Crippen LogP contribution is -2.30. The highest BCUT2D eigenvalue weighted by Gasteiger charge is 2.64. The average Bonchev–Trinajstić information content (AvgIpc) is 2.70. The summed E-state index contributed by atoms with van der Waals surface area (Å²) < 4.78 is 31.2. The van der Waals surface area contributed by atoms with E-state index >= 15 is 0 Å². The van der Waals surface area contributed by atoms with Crippen molar-refractivity contribution in [3.8, 4) is 0 Å². The summed E-state index contributed by atoms with van der Waals surface area (Å²) in [5.41, 5.74) is -1.20. The third-order valence-corrected chi connectivity index (χ3v) is 2.72. The molecular formula is C7H7BrF2N2O. The summed E-state index contributed by atoms with van der Waals surface area (Å²) in [4.78, 5) is 0.151. The van der Waals surface area contributed by atoms with Crippen LogP contribution in [0.2, 0.25) is 0 Å². The quantitative estimate of drug-likeness (QED) is 0.812. The Morgan fingerprint density at radius 1 is 1.46 bits per heavy atom. The van der Waals surface area contributed by atoms with Crippen LogP contribution in [0.5, 0.6) is 0 Å². The predicted molar refractivity (Wildman–Crippen MR) is 43.5 cm³/mol. The Bertz CT molecular complexity index is 329. The molecule has 2 rings (SSSR count). The molecular weight excluding hydrogens is 246 g/mol. The van der Waals surface area contributed by atoms with E-state index < -0.39 is 11.3 Å². The van der Waals surface area contributed by atoms with E-state index in [2.05, 4.69) is 26.1 Å². The maximum atomic E-state index is 13.1. The van der Waals surface area contributed by atoms with Crippen LogP contribution in [0.25, 0.3) is 0 Å². The second-order valence-electron chi connectivity index (χ2n) is 3.33. The van der Waals surface area contributed by atoms with Gasteiger partial charge in [-0.25, -0.2) is 8.78 Å². The van der Waals surface area contributed by atoms with Crippen molar-refractivity contribution in [2.45, 2.75) is 31.1 Å². The molecule has 0 amide bonds. The van der Waals surface area contributed by atoms with Crippen molar-refractivity contribution >= 4 is 15.9 Å². The molecule has 0 radical (unpaired) electrons. The van der Waals surface area contributed by atoms with E-state index in [-0.39, 0.29) is 10.7 Å². The Morgan fingerprint density at radius 2 is 2.08 bits per heavy atom. The first-order chi connectivity index (χ1) is 5.96. The molecule has 0 unspecified atom stereocenters. The van der Waals surface area contributed by atoms with Crippen LogP contribution in [-0.4, -0.2) is 16.1 Å². The summed E-state index contributed by atoms with van der Waals surface area (Å²) in [7, 11) is 0. The lowest BCUT2D eigenvalue weighted by Gasteiger charge is -2.18. The summed E-state index contributed by atoms with van der Waals surface area (Å²) in [6, 6.07) is 0.